The molecule has 1 rings (SSSR count). The first kappa shape index (κ1) is 35.7. The third-order valence-electron chi connectivity index (χ3n) is 6.86. The molecule has 1 heteroatoms. The molecule has 0 aromatic rings. The van der Waals surface area contributed by atoms with Gasteiger partial charge in [-0.25, -0.2) is 0 Å². The van der Waals surface area contributed by atoms with E-state index < -0.39 is 0 Å². The van der Waals surface area contributed by atoms with Gasteiger partial charge in [0.1, 0.15) is 0 Å². The van der Waals surface area contributed by atoms with Crippen molar-refractivity contribution in [2.24, 2.45) is 17.3 Å². The molecule has 0 radical (unpaired) electrons. The van der Waals surface area contributed by atoms with Crippen LogP contribution in [0.1, 0.15) is 127 Å². The van der Waals surface area contributed by atoms with Crippen molar-refractivity contribution in [2.75, 3.05) is 0 Å². The Balaban J connectivity index is -0.000000457. The van der Waals surface area contributed by atoms with Crippen LogP contribution in [0.4, 0.5) is 0 Å². The number of terminal acetylenes is 1. The highest BCUT2D eigenvalue weighted by Crippen LogP contribution is 2.43. The first-order valence-corrected chi connectivity index (χ1v) is 13.7. The second-order valence-electron chi connectivity index (χ2n) is 9.62. The Kier molecular flexibility index (Phi) is 24.5. The first-order chi connectivity index (χ1) is 15.2. The average Bonchev–Trinajstić information content (AvgIpc) is 2.83. The zero-order chi connectivity index (χ0) is 25.6. The van der Waals surface area contributed by atoms with E-state index in [-0.39, 0.29) is 0 Å². The minimum Gasteiger partial charge on any atom is -0.172 e. The Bertz CT molecular complexity index is 498. The Hall–Kier alpha value is -0.870. The smallest absolute Gasteiger partial charge is 0.0155 e. The van der Waals surface area contributed by atoms with Gasteiger partial charge in [0.25, 0.3) is 0 Å². The van der Waals surface area contributed by atoms with E-state index in [2.05, 4.69) is 80.0 Å². The predicted molar refractivity (Wildman–Crippen MR) is 156 cm³/mol. The van der Waals surface area contributed by atoms with Crippen LogP contribution in [0, 0.1) is 30.1 Å². The van der Waals surface area contributed by atoms with Crippen molar-refractivity contribution in [2.45, 2.75) is 131 Å². The number of allylic oxidation sites excluding steroid dienone is 5. The first-order valence-electron chi connectivity index (χ1n) is 13.2. The molecular weight excluding hydrogens is 404 g/mol. The number of hydrogen-bond acceptors (Lipinski definition) is 1. The molecule has 32 heavy (non-hydrogen) atoms. The number of rotatable bonds is 10. The fourth-order valence-electron chi connectivity index (χ4n) is 3.86. The number of hydrogen-bond donors (Lipinski definition) is 1. The molecular formula is C31H58S. The van der Waals surface area contributed by atoms with Gasteiger partial charge in [-0.2, -0.15) is 12.6 Å². The van der Waals surface area contributed by atoms with Gasteiger partial charge in [-0.05, 0) is 55.8 Å². The van der Waals surface area contributed by atoms with Crippen LogP contribution in [0.25, 0.3) is 0 Å². The van der Waals surface area contributed by atoms with Crippen LogP contribution in [0.2, 0.25) is 0 Å². The summed E-state index contributed by atoms with van der Waals surface area (Å²) < 4.78 is 0.362. The largest absolute Gasteiger partial charge is 0.172 e. The van der Waals surface area contributed by atoms with Crippen molar-refractivity contribution in [1.82, 2.24) is 0 Å². The van der Waals surface area contributed by atoms with Crippen LogP contribution < -0.4 is 0 Å². The van der Waals surface area contributed by atoms with Gasteiger partial charge in [0.15, 0.2) is 0 Å². The standard InChI is InChI=1S/C15H26.C12H24S.C2H6.C2H2/c1-6-9-11-14(12-10-7-2)13-15(4,5)8-3;1-4-10(3)12(13)8-6-11(5-2)7-9-12;2*1-2/h6,9,11-12H,1,7-8,10,13H2,2-5H3;10-11,13H,4-9H2,1-3H3;1-2H3;1-2H/b11-9-,14-12+;;;. The van der Waals surface area contributed by atoms with Crippen LogP contribution in [-0.4, -0.2) is 4.75 Å². The third-order valence-corrected chi connectivity index (χ3v) is 7.75. The molecule has 0 aromatic carbocycles. The van der Waals surface area contributed by atoms with E-state index in [1.54, 1.807) is 0 Å². The molecule has 0 N–H and O–H groups in total. The summed E-state index contributed by atoms with van der Waals surface area (Å²) in [5.41, 5.74) is 1.86. The van der Waals surface area contributed by atoms with Crippen molar-refractivity contribution in [3.8, 4) is 12.8 Å². The lowest BCUT2D eigenvalue weighted by atomic mass is 9.74. The summed E-state index contributed by atoms with van der Waals surface area (Å²) in [6, 6.07) is 0. The number of unbranched alkanes of at least 4 members (excludes halogenated alkanes) is 1. The molecule has 0 bridgehead atoms. The summed E-state index contributed by atoms with van der Waals surface area (Å²) >= 11 is 4.90. The van der Waals surface area contributed by atoms with Crippen LogP contribution in [0.15, 0.2) is 36.5 Å². The molecule has 1 aliphatic rings. The maximum absolute atomic E-state index is 4.90. The third kappa shape index (κ3) is 16.7. The molecule has 188 valence electrons. The molecule has 1 atom stereocenters. The fourth-order valence-corrected chi connectivity index (χ4v) is 4.30. The van der Waals surface area contributed by atoms with E-state index in [1.807, 2.05) is 26.0 Å². The summed E-state index contributed by atoms with van der Waals surface area (Å²) in [6.45, 7) is 23.8. The van der Waals surface area contributed by atoms with E-state index in [1.165, 1.54) is 63.4 Å². The van der Waals surface area contributed by atoms with Gasteiger partial charge in [0, 0.05) is 4.75 Å². The van der Waals surface area contributed by atoms with Gasteiger partial charge in [-0.15, -0.1) is 12.8 Å². The van der Waals surface area contributed by atoms with E-state index in [9.17, 15) is 0 Å². The number of thiol groups is 1. The van der Waals surface area contributed by atoms with Gasteiger partial charge < -0.3 is 0 Å². The lowest BCUT2D eigenvalue weighted by molar-refractivity contribution is 0.240. The Morgan fingerprint density at radius 3 is 2.03 bits per heavy atom. The molecule has 0 spiro atoms. The summed E-state index contributed by atoms with van der Waals surface area (Å²) in [7, 11) is 0. The molecule has 1 fully saturated rings. The topological polar surface area (TPSA) is 0 Å². The van der Waals surface area contributed by atoms with Gasteiger partial charge in [0.05, 0.1) is 0 Å². The summed E-state index contributed by atoms with van der Waals surface area (Å²) in [6.07, 6.45) is 29.3. The normalized spacial score (nSPS) is 21.8. The van der Waals surface area contributed by atoms with Crippen molar-refractivity contribution < 1.29 is 0 Å². The second kappa shape index (κ2) is 21.9. The molecule has 0 saturated heterocycles. The zero-order valence-corrected chi connectivity index (χ0v) is 24.2. The van der Waals surface area contributed by atoms with Gasteiger partial charge in [0.2, 0.25) is 0 Å². The summed E-state index contributed by atoms with van der Waals surface area (Å²) in [5, 5.41) is 0. The van der Waals surface area contributed by atoms with Gasteiger partial charge in [-0.3, -0.25) is 0 Å². The Morgan fingerprint density at radius 1 is 1.12 bits per heavy atom. The predicted octanol–water partition coefficient (Wildman–Crippen LogP) is 10.9. The molecule has 0 nitrogen and oxygen atoms in total. The maximum Gasteiger partial charge on any atom is 0.0155 e. The monoisotopic (exact) mass is 462 g/mol. The molecule has 1 saturated carbocycles. The lowest BCUT2D eigenvalue weighted by Gasteiger charge is -2.40. The van der Waals surface area contributed by atoms with E-state index >= 15 is 0 Å². The quantitative estimate of drug-likeness (QED) is 0.186. The highest BCUT2D eigenvalue weighted by molar-refractivity contribution is 7.81. The minimum atomic E-state index is 0.362. The second-order valence-corrected chi connectivity index (χ2v) is 10.5. The molecule has 1 unspecified atom stereocenters. The summed E-state index contributed by atoms with van der Waals surface area (Å²) in [4.78, 5) is 0. The van der Waals surface area contributed by atoms with E-state index in [0.717, 1.165) is 18.3 Å². The van der Waals surface area contributed by atoms with Crippen molar-refractivity contribution in [3.05, 3.63) is 36.5 Å². The molecule has 1 aliphatic carbocycles. The van der Waals surface area contributed by atoms with E-state index in [0.29, 0.717) is 10.2 Å². The lowest BCUT2D eigenvalue weighted by Crippen LogP contribution is -2.34. The average molecular weight is 463 g/mol. The van der Waals surface area contributed by atoms with Crippen LogP contribution in [-0.2, 0) is 0 Å². The molecule has 0 aromatic heterocycles. The summed E-state index contributed by atoms with van der Waals surface area (Å²) in [5.74, 6) is 1.78. The SMILES string of the molecule is C#C.C=C/C=C\C(=C/CCC)CC(C)(C)CC.CC.CCC1CCC(S)(C(C)CC)CC1. The van der Waals surface area contributed by atoms with Crippen LogP contribution in [0.3, 0.4) is 0 Å². The molecule has 0 heterocycles. The van der Waals surface area contributed by atoms with Crippen molar-refractivity contribution in [3.63, 3.8) is 0 Å². The van der Waals surface area contributed by atoms with Crippen LogP contribution >= 0.6 is 12.6 Å². The Morgan fingerprint density at radius 2 is 1.66 bits per heavy atom. The van der Waals surface area contributed by atoms with E-state index in [4.69, 9.17) is 12.6 Å². The Labute approximate surface area is 210 Å². The molecule has 0 amide bonds. The van der Waals surface area contributed by atoms with Crippen molar-refractivity contribution >= 4 is 12.6 Å². The fraction of sp³-hybridized carbons (Fsp3) is 0.742. The molecule has 0 aliphatic heterocycles. The minimum absolute atomic E-state index is 0.362. The maximum atomic E-state index is 4.90. The van der Waals surface area contributed by atoms with Gasteiger partial charge >= 0.3 is 0 Å². The highest BCUT2D eigenvalue weighted by atomic mass is 32.1. The zero-order valence-electron chi connectivity index (χ0n) is 23.3. The van der Waals surface area contributed by atoms with Crippen LogP contribution in [0.5, 0.6) is 0 Å². The van der Waals surface area contributed by atoms with Crippen molar-refractivity contribution in [1.29, 1.82) is 0 Å². The highest BCUT2D eigenvalue weighted by Gasteiger charge is 2.35. The van der Waals surface area contributed by atoms with Gasteiger partial charge in [-0.1, -0.05) is 124 Å².